The first-order chi connectivity index (χ1) is 7.57. The largest absolute Gasteiger partial charge is 0.389 e. The first kappa shape index (κ1) is 11.8. The summed E-state index contributed by atoms with van der Waals surface area (Å²) in [5.74, 6) is 0. The molecule has 0 spiro atoms. The fourth-order valence-electron chi connectivity index (χ4n) is 2.06. The molecule has 1 aliphatic heterocycles. The number of aliphatic hydroxyl groups is 1. The second-order valence-electron chi connectivity index (χ2n) is 4.67. The van der Waals surface area contributed by atoms with Crippen molar-refractivity contribution in [3.63, 3.8) is 0 Å². The van der Waals surface area contributed by atoms with Crippen molar-refractivity contribution in [2.24, 2.45) is 0 Å². The SMILES string of the molecule is CN1CCC(O)(Cc2ccc(Cl)cn2)CC1. The predicted molar refractivity (Wildman–Crippen MR) is 64.6 cm³/mol. The molecular formula is C12H17ClN2O. The summed E-state index contributed by atoms with van der Waals surface area (Å²) in [6.45, 7) is 1.90. The molecule has 1 aliphatic rings. The average Bonchev–Trinajstić information content (AvgIpc) is 2.27. The van der Waals surface area contributed by atoms with Gasteiger partial charge in [0.25, 0.3) is 0 Å². The maximum atomic E-state index is 10.4. The van der Waals surface area contributed by atoms with Gasteiger partial charge in [0.05, 0.1) is 10.6 Å². The summed E-state index contributed by atoms with van der Waals surface area (Å²) in [5, 5.41) is 11.1. The summed E-state index contributed by atoms with van der Waals surface area (Å²) >= 11 is 5.78. The highest BCUT2D eigenvalue weighted by Gasteiger charge is 2.31. The van der Waals surface area contributed by atoms with Crippen LogP contribution in [0.15, 0.2) is 18.3 Å². The highest BCUT2D eigenvalue weighted by molar-refractivity contribution is 6.30. The number of hydrogen-bond acceptors (Lipinski definition) is 3. The molecule has 16 heavy (non-hydrogen) atoms. The quantitative estimate of drug-likeness (QED) is 0.856. The Morgan fingerprint density at radius 1 is 1.44 bits per heavy atom. The molecule has 0 aliphatic carbocycles. The van der Waals surface area contributed by atoms with E-state index in [0.717, 1.165) is 31.6 Å². The third-order valence-electron chi connectivity index (χ3n) is 3.22. The lowest BCUT2D eigenvalue weighted by Crippen LogP contribution is -2.44. The Balaban J connectivity index is 2.00. The molecule has 1 saturated heterocycles. The van der Waals surface area contributed by atoms with Crippen LogP contribution >= 0.6 is 11.6 Å². The number of pyridine rings is 1. The molecule has 0 bridgehead atoms. The van der Waals surface area contributed by atoms with E-state index in [1.807, 2.05) is 12.1 Å². The lowest BCUT2D eigenvalue weighted by atomic mass is 9.87. The Labute approximate surface area is 101 Å². The van der Waals surface area contributed by atoms with Crippen LogP contribution in [0.1, 0.15) is 18.5 Å². The molecule has 2 rings (SSSR count). The van der Waals surface area contributed by atoms with E-state index in [1.165, 1.54) is 0 Å². The molecule has 1 aromatic rings. The van der Waals surface area contributed by atoms with Crippen molar-refractivity contribution in [1.82, 2.24) is 9.88 Å². The predicted octanol–water partition coefficient (Wildman–Crippen LogP) is 1.73. The summed E-state index contributed by atoms with van der Waals surface area (Å²) in [4.78, 5) is 6.47. The van der Waals surface area contributed by atoms with Crippen molar-refractivity contribution >= 4 is 11.6 Å². The summed E-state index contributed by atoms with van der Waals surface area (Å²) in [5.41, 5.74) is 0.323. The van der Waals surface area contributed by atoms with Crippen LogP contribution in [0.3, 0.4) is 0 Å². The van der Waals surface area contributed by atoms with E-state index >= 15 is 0 Å². The van der Waals surface area contributed by atoms with Gasteiger partial charge in [-0.2, -0.15) is 0 Å². The van der Waals surface area contributed by atoms with Gasteiger partial charge < -0.3 is 10.0 Å². The number of hydrogen-bond donors (Lipinski definition) is 1. The molecule has 3 nitrogen and oxygen atoms in total. The number of piperidine rings is 1. The van der Waals surface area contributed by atoms with Crippen molar-refractivity contribution in [3.05, 3.63) is 29.0 Å². The van der Waals surface area contributed by atoms with E-state index < -0.39 is 5.60 Å². The molecule has 0 atom stereocenters. The van der Waals surface area contributed by atoms with Gasteiger partial charge in [-0.1, -0.05) is 11.6 Å². The van der Waals surface area contributed by atoms with Crippen LogP contribution < -0.4 is 0 Å². The van der Waals surface area contributed by atoms with Crippen molar-refractivity contribution < 1.29 is 5.11 Å². The zero-order valence-corrected chi connectivity index (χ0v) is 10.2. The minimum atomic E-state index is -0.590. The van der Waals surface area contributed by atoms with E-state index in [1.54, 1.807) is 6.20 Å². The van der Waals surface area contributed by atoms with Crippen molar-refractivity contribution in [3.8, 4) is 0 Å². The van der Waals surface area contributed by atoms with Crippen LogP contribution in [-0.4, -0.2) is 40.7 Å². The first-order valence-corrected chi connectivity index (χ1v) is 5.97. The van der Waals surface area contributed by atoms with Crippen molar-refractivity contribution in [1.29, 1.82) is 0 Å². The summed E-state index contributed by atoms with van der Waals surface area (Å²) in [6.07, 6.45) is 3.88. The van der Waals surface area contributed by atoms with Gasteiger partial charge in [0.1, 0.15) is 0 Å². The van der Waals surface area contributed by atoms with Gasteiger partial charge >= 0.3 is 0 Å². The highest BCUT2D eigenvalue weighted by atomic mass is 35.5. The molecule has 1 N–H and O–H groups in total. The van der Waals surface area contributed by atoms with Gasteiger partial charge in [0.2, 0.25) is 0 Å². The Bertz CT molecular complexity index is 345. The average molecular weight is 241 g/mol. The topological polar surface area (TPSA) is 36.4 Å². The molecule has 0 aromatic carbocycles. The molecule has 1 fully saturated rings. The zero-order valence-electron chi connectivity index (χ0n) is 9.49. The van der Waals surface area contributed by atoms with Gasteiger partial charge in [-0.05, 0) is 32.0 Å². The zero-order chi connectivity index (χ0) is 11.6. The molecule has 0 amide bonds. The lowest BCUT2D eigenvalue weighted by Gasteiger charge is -2.36. The Hall–Kier alpha value is -0.640. The minimum Gasteiger partial charge on any atom is -0.389 e. The number of rotatable bonds is 2. The molecule has 0 radical (unpaired) electrons. The maximum Gasteiger partial charge on any atom is 0.0727 e. The van der Waals surface area contributed by atoms with Crippen molar-refractivity contribution in [2.75, 3.05) is 20.1 Å². The Morgan fingerprint density at radius 2 is 2.12 bits per heavy atom. The van der Waals surface area contributed by atoms with Gasteiger partial charge in [-0.25, -0.2) is 0 Å². The fraction of sp³-hybridized carbons (Fsp3) is 0.583. The smallest absolute Gasteiger partial charge is 0.0727 e. The standard InChI is InChI=1S/C12H17ClN2O/c1-15-6-4-12(16,5-7-15)8-11-3-2-10(13)9-14-11/h2-3,9,16H,4-8H2,1H3. The summed E-state index contributed by atoms with van der Waals surface area (Å²) < 4.78 is 0. The van der Waals surface area contributed by atoms with Crippen LogP contribution in [0, 0.1) is 0 Å². The Morgan fingerprint density at radius 3 is 2.69 bits per heavy atom. The van der Waals surface area contributed by atoms with Crippen LogP contribution in [0.4, 0.5) is 0 Å². The number of likely N-dealkylation sites (tertiary alicyclic amines) is 1. The van der Waals surface area contributed by atoms with E-state index in [9.17, 15) is 5.11 Å². The molecule has 88 valence electrons. The van der Waals surface area contributed by atoms with E-state index in [2.05, 4.69) is 16.9 Å². The summed E-state index contributed by atoms with van der Waals surface area (Å²) in [7, 11) is 2.08. The van der Waals surface area contributed by atoms with E-state index in [4.69, 9.17) is 11.6 Å². The minimum absolute atomic E-state index is 0.590. The van der Waals surface area contributed by atoms with Crippen LogP contribution in [0.5, 0.6) is 0 Å². The third-order valence-corrected chi connectivity index (χ3v) is 3.44. The van der Waals surface area contributed by atoms with Gasteiger partial charge in [0, 0.05) is 31.4 Å². The van der Waals surface area contributed by atoms with Crippen LogP contribution in [-0.2, 0) is 6.42 Å². The monoisotopic (exact) mass is 240 g/mol. The first-order valence-electron chi connectivity index (χ1n) is 5.59. The maximum absolute atomic E-state index is 10.4. The number of nitrogens with zero attached hydrogens (tertiary/aromatic N) is 2. The summed E-state index contributed by atoms with van der Waals surface area (Å²) in [6, 6.07) is 3.71. The highest BCUT2D eigenvalue weighted by Crippen LogP contribution is 2.25. The number of aromatic nitrogens is 1. The lowest BCUT2D eigenvalue weighted by molar-refractivity contribution is -0.0157. The van der Waals surface area contributed by atoms with Gasteiger partial charge in [-0.15, -0.1) is 0 Å². The molecule has 1 aromatic heterocycles. The van der Waals surface area contributed by atoms with E-state index in [0.29, 0.717) is 11.4 Å². The van der Waals surface area contributed by atoms with E-state index in [-0.39, 0.29) is 0 Å². The molecule has 0 saturated carbocycles. The van der Waals surface area contributed by atoms with Crippen molar-refractivity contribution in [2.45, 2.75) is 24.9 Å². The normalized spacial score (nSPS) is 20.9. The number of halogens is 1. The second kappa shape index (κ2) is 4.70. The van der Waals surface area contributed by atoms with Crippen LogP contribution in [0.25, 0.3) is 0 Å². The van der Waals surface area contributed by atoms with Gasteiger partial charge in [-0.3, -0.25) is 4.98 Å². The molecule has 0 unspecified atom stereocenters. The Kier molecular flexibility index (Phi) is 3.47. The van der Waals surface area contributed by atoms with Gasteiger partial charge in [0.15, 0.2) is 0 Å². The molecular weight excluding hydrogens is 224 g/mol. The molecule has 2 heterocycles. The fourth-order valence-corrected chi connectivity index (χ4v) is 2.17. The van der Waals surface area contributed by atoms with Crippen LogP contribution in [0.2, 0.25) is 5.02 Å². The second-order valence-corrected chi connectivity index (χ2v) is 5.11. The molecule has 4 heteroatoms. The third kappa shape index (κ3) is 2.94.